The fraction of sp³-hybridized carbons (Fsp3) is 0.636. The minimum absolute atomic E-state index is 0.0425. The minimum Gasteiger partial charge on any atom is -0.330 e. The first-order valence-corrected chi connectivity index (χ1v) is 6.19. The summed E-state index contributed by atoms with van der Waals surface area (Å²) in [5.41, 5.74) is 7.40. The van der Waals surface area contributed by atoms with E-state index in [9.17, 15) is 8.78 Å². The van der Waals surface area contributed by atoms with E-state index in [0.717, 1.165) is 24.8 Å². The quantitative estimate of drug-likeness (QED) is 0.850. The van der Waals surface area contributed by atoms with Gasteiger partial charge in [-0.15, -0.1) is 11.3 Å². The smallest absolute Gasteiger partial charge is 0.246 e. The Labute approximate surface area is 92.3 Å². The number of hydrogen-bond donors (Lipinski definition) is 1. The maximum atomic E-state index is 12.8. The zero-order valence-corrected chi connectivity index (χ0v) is 9.33. The lowest BCUT2D eigenvalue weighted by atomic mass is 9.90. The lowest BCUT2D eigenvalue weighted by molar-refractivity contribution is 0.117. The number of fused-ring (bicyclic) bond motifs is 1. The van der Waals surface area contributed by atoms with E-state index in [2.05, 4.69) is 0 Å². The molecule has 1 heterocycles. The van der Waals surface area contributed by atoms with Gasteiger partial charge in [0.2, 0.25) is 6.43 Å². The molecule has 2 rings (SSSR count). The number of rotatable bonds is 3. The summed E-state index contributed by atoms with van der Waals surface area (Å²) in [5, 5.41) is 1.89. The Morgan fingerprint density at radius 1 is 1.33 bits per heavy atom. The molecule has 84 valence electrons. The third-order valence-corrected chi connectivity index (χ3v) is 4.16. The summed E-state index contributed by atoms with van der Waals surface area (Å²) in [6.45, 7) is 0.0425. The molecule has 0 aromatic carbocycles. The molecule has 0 radical (unpaired) electrons. The molecule has 0 saturated heterocycles. The molecule has 1 unspecified atom stereocenters. The SMILES string of the molecule is NCC(c1csc2c1CCCC2)C(F)F. The maximum Gasteiger partial charge on any atom is 0.246 e. The van der Waals surface area contributed by atoms with Gasteiger partial charge in [0.15, 0.2) is 0 Å². The number of alkyl halides is 2. The largest absolute Gasteiger partial charge is 0.330 e. The Kier molecular flexibility index (Phi) is 3.36. The van der Waals surface area contributed by atoms with Gasteiger partial charge in [-0.3, -0.25) is 0 Å². The molecule has 0 saturated carbocycles. The van der Waals surface area contributed by atoms with Crippen molar-refractivity contribution in [3.63, 3.8) is 0 Å². The maximum absolute atomic E-state index is 12.8. The molecule has 2 N–H and O–H groups in total. The van der Waals surface area contributed by atoms with Gasteiger partial charge in [0.1, 0.15) is 0 Å². The van der Waals surface area contributed by atoms with Gasteiger partial charge < -0.3 is 5.73 Å². The molecule has 1 aromatic rings. The van der Waals surface area contributed by atoms with Gasteiger partial charge in [0.05, 0.1) is 5.92 Å². The van der Waals surface area contributed by atoms with Crippen LogP contribution in [0.4, 0.5) is 8.78 Å². The lowest BCUT2D eigenvalue weighted by Gasteiger charge is -2.18. The van der Waals surface area contributed by atoms with E-state index in [0.29, 0.717) is 0 Å². The van der Waals surface area contributed by atoms with Crippen LogP contribution in [-0.4, -0.2) is 13.0 Å². The number of thiophene rings is 1. The predicted octanol–water partition coefficient (Wildman–Crippen LogP) is 2.93. The summed E-state index contributed by atoms with van der Waals surface area (Å²) in [4.78, 5) is 1.30. The molecule has 15 heavy (non-hydrogen) atoms. The second-order valence-corrected chi connectivity index (χ2v) is 4.94. The van der Waals surface area contributed by atoms with Crippen molar-refractivity contribution < 1.29 is 8.78 Å². The van der Waals surface area contributed by atoms with Gasteiger partial charge in [-0.1, -0.05) is 0 Å². The Bertz CT molecular complexity index is 335. The van der Waals surface area contributed by atoms with Crippen LogP contribution in [0, 0.1) is 0 Å². The van der Waals surface area contributed by atoms with E-state index in [4.69, 9.17) is 5.73 Å². The third kappa shape index (κ3) is 2.06. The average Bonchev–Trinajstić information content (AvgIpc) is 2.63. The van der Waals surface area contributed by atoms with E-state index in [1.807, 2.05) is 5.38 Å². The molecule has 0 bridgehead atoms. The van der Waals surface area contributed by atoms with Crippen LogP contribution in [0.2, 0.25) is 0 Å². The third-order valence-electron chi connectivity index (χ3n) is 3.05. The van der Waals surface area contributed by atoms with E-state index < -0.39 is 12.3 Å². The van der Waals surface area contributed by atoms with Crippen molar-refractivity contribution in [3.8, 4) is 0 Å². The first-order chi connectivity index (χ1) is 7.24. The Morgan fingerprint density at radius 3 is 2.73 bits per heavy atom. The highest BCUT2D eigenvalue weighted by atomic mass is 32.1. The van der Waals surface area contributed by atoms with Crippen molar-refractivity contribution in [3.05, 3.63) is 21.4 Å². The molecule has 0 spiro atoms. The van der Waals surface area contributed by atoms with Crippen molar-refractivity contribution in [2.75, 3.05) is 6.54 Å². The van der Waals surface area contributed by atoms with Gasteiger partial charge in [-0.2, -0.15) is 0 Å². The second-order valence-electron chi connectivity index (χ2n) is 3.98. The molecule has 0 fully saturated rings. The molecule has 1 nitrogen and oxygen atoms in total. The van der Waals surface area contributed by atoms with E-state index >= 15 is 0 Å². The molecule has 1 atom stereocenters. The molecular formula is C11H15F2NS. The summed E-state index contributed by atoms with van der Waals surface area (Å²) >= 11 is 1.62. The molecule has 1 aromatic heterocycles. The number of nitrogens with two attached hydrogens (primary N) is 1. The highest BCUT2D eigenvalue weighted by molar-refractivity contribution is 7.10. The van der Waals surface area contributed by atoms with Gasteiger partial charge in [-0.05, 0) is 42.2 Å². The van der Waals surface area contributed by atoms with E-state index in [1.54, 1.807) is 11.3 Å². The van der Waals surface area contributed by atoms with Crippen LogP contribution < -0.4 is 5.73 Å². The highest BCUT2D eigenvalue weighted by Gasteiger charge is 2.26. The van der Waals surface area contributed by atoms with Gasteiger partial charge in [0.25, 0.3) is 0 Å². The van der Waals surface area contributed by atoms with E-state index in [1.165, 1.54) is 16.9 Å². The fourth-order valence-corrected chi connectivity index (χ4v) is 3.41. The molecule has 4 heteroatoms. The average molecular weight is 231 g/mol. The zero-order valence-electron chi connectivity index (χ0n) is 8.51. The summed E-state index contributed by atoms with van der Waals surface area (Å²) < 4.78 is 25.5. The van der Waals surface area contributed by atoms with Crippen LogP contribution in [0.1, 0.15) is 34.8 Å². The van der Waals surface area contributed by atoms with Crippen molar-refractivity contribution in [1.29, 1.82) is 0 Å². The summed E-state index contributed by atoms with van der Waals surface area (Å²) in [5.74, 6) is -0.761. The Morgan fingerprint density at radius 2 is 2.07 bits per heavy atom. The predicted molar refractivity (Wildman–Crippen MR) is 58.8 cm³/mol. The topological polar surface area (TPSA) is 26.0 Å². The molecule has 1 aliphatic rings. The normalized spacial score (nSPS) is 17.9. The molecular weight excluding hydrogens is 216 g/mol. The zero-order chi connectivity index (χ0) is 10.8. The van der Waals surface area contributed by atoms with Crippen molar-refractivity contribution in [1.82, 2.24) is 0 Å². The van der Waals surface area contributed by atoms with Crippen LogP contribution in [-0.2, 0) is 12.8 Å². The number of halogens is 2. The van der Waals surface area contributed by atoms with Crippen LogP contribution in [0.15, 0.2) is 5.38 Å². The van der Waals surface area contributed by atoms with Crippen LogP contribution in [0.3, 0.4) is 0 Å². The lowest BCUT2D eigenvalue weighted by Crippen LogP contribution is -2.20. The van der Waals surface area contributed by atoms with Gasteiger partial charge in [-0.25, -0.2) is 8.78 Å². The second kappa shape index (κ2) is 4.58. The van der Waals surface area contributed by atoms with Crippen molar-refractivity contribution in [2.45, 2.75) is 38.0 Å². The molecule has 0 amide bonds. The minimum atomic E-state index is -2.34. The molecule has 0 aliphatic heterocycles. The Balaban J connectivity index is 2.31. The standard InChI is InChI=1S/C11H15F2NS/c12-11(13)8(5-14)9-6-15-10-4-2-1-3-7(9)10/h6,8,11H,1-5,14H2. The van der Waals surface area contributed by atoms with Gasteiger partial charge in [0, 0.05) is 11.4 Å². The van der Waals surface area contributed by atoms with Crippen LogP contribution in [0.5, 0.6) is 0 Å². The first-order valence-electron chi connectivity index (χ1n) is 5.31. The Hall–Kier alpha value is -0.480. The van der Waals surface area contributed by atoms with Crippen LogP contribution >= 0.6 is 11.3 Å². The summed E-state index contributed by atoms with van der Waals surface area (Å²) in [6.07, 6.45) is 1.99. The number of aryl methyl sites for hydroxylation is 1. The van der Waals surface area contributed by atoms with E-state index in [-0.39, 0.29) is 6.54 Å². The molecule has 1 aliphatic carbocycles. The highest BCUT2D eigenvalue weighted by Crippen LogP contribution is 2.36. The number of hydrogen-bond acceptors (Lipinski definition) is 2. The van der Waals surface area contributed by atoms with Crippen LogP contribution in [0.25, 0.3) is 0 Å². The summed E-state index contributed by atoms with van der Waals surface area (Å²) in [7, 11) is 0. The van der Waals surface area contributed by atoms with Gasteiger partial charge >= 0.3 is 0 Å². The monoisotopic (exact) mass is 231 g/mol. The first kappa shape index (κ1) is 11.0. The van der Waals surface area contributed by atoms with Crippen molar-refractivity contribution >= 4 is 11.3 Å². The fourth-order valence-electron chi connectivity index (χ4n) is 2.20. The van der Waals surface area contributed by atoms with Crippen molar-refractivity contribution in [2.24, 2.45) is 5.73 Å². The summed E-state index contributed by atoms with van der Waals surface area (Å²) in [6, 6.07) is 0.